The fraction of sp³-hybridized carbons (Fsp3) is 0.538. The van der Waals surface area contributed by atoms with E-state index in [1.165, 1.54) is 11.1 Å². The second-order valence-corrected chi connectivity index (χ2v) is 3.87. The van der Waals surface area contributed by atoms with Gasteiger partial charge in [0.05, 0.1) is 13.2 Å². The standard InChI is InChI=1S/C13H22N2O2/c1-16-8-7-15-13(9-14)12-6-4-3-5-11(12)10-17-2/h3-6,13,15H,7-10,14H2,1-2H3. The Balaban J connectivity index is 2.72. The van der Waals surface area contributed by atoms with Crippen molar-refractivity contribution >= 4 is 0 Å². The van der Waals surface area contributed by atoms with Crippen molar-refractivity contribution in [3.8, 4) is 0 Å². The molecule has 1 unspecified atom stereocenters. The maximum absolute atomic E-state index is 5.81. The lowest BCUT2D eigenvalue weighted by molar-refractivity contribution is 0.182. The fourth-order valence-corrected chi connectivity index (χ4v) is 1.82. The molecule has 0 saturated carbocycles. The maximum atomic E-state index is 5.81. The van der Waals surface area contributed by atoms with Crippen LogP contribution >= 0.6 is 0 Å². The third-order valence-corrected chi connectivity index (χ3v) is 2.66. The molecule has 0 aliphatic heterocycles. The van der Waals surface area contributed by atoms with Crippen LogP contribution in [0.2, 0.25) is 0 Å². The normalized spacial score (nSPS) is 12.6. The summed E-state index contributed by atoms with van der Waals surface area (Å²) >= 11 is 0. The van der Waals surface area contributed by atoms with Gasteiger partial charge in [0.1, 0.15) is 0 Å². The molecule has 17 heavy (non-hydrogen) atoms. The molecule has 0 fully saturated rings. The molecule has 0 aromatic heterocycles. The number of rotatable bonds is 8. The zero-order chi connectivity index (χ0) is 12.5. The molecule has 0 amide bonds. The highest BCUT2D eigenvalue weighted by molar-refractivity contribution is 5.29. The van der Waals surface area contributed by atoms with Crippen LogP contribution in [0, 0.1) is 0 Å². The van der Waals surface area contributed by atoms with Gasteiger partial charge in [-0.1, -0.05) is 24.3 Å². The van der Waals surface area contributed by atoms with Crippen LogP contribution in [0.5, 0.6) is 0 Å². The second-order valence-electron chi connectivity index (χ2n) is 3.87. The van der Waals surface area contributed by atoms with Gasteiger partial charge >= 0.3 is 0 Å². The first-order valence-corrected chi connectivity index (χ1v) is 5.82. The summed E-state index contributed by atoms with van der Waals surface area (Å²) in [4.78, 5) is 0. The number of nitrogens with one attached hydrogen (secondary N) is 1. The van der Waals surface area contributed by atoms with E-state index in [-0.39, 0.29) is 6.04 Å². The Hall–Kier alpha value is -0.940. The number of methoxy groups -OCH3 is 2. The summed E-state index contributed by atoms with van der Waals surface area (Å²) in [7, 11) is 3.39. The molecular formula is C13H22N2O2. The predicted octanol–water partition coefficient (Wildman–Crippen LogP) is 1.07. The fourth-order valence-electron chi connectivity index (χ4n) is 1.82. The lowest BCUT2D eigenvalue weighted by atomic mass is 10.0. The summed E-state index contributed by atoms with van der Waals surface area (Å²) in [5.41, 5.74) is 8.19. The Morgan fingerprint density at radius 1 is 1.24 bits per heavy atom. The van der Waals surface area contributed by atoms with Gasteiger partial charge < -0.3 is 20.5 Å². The lowest BCUT2D eigenvalue weighted by Gasteiger charge is -2.20. The Kier molecular flexibility index (Phi) is 6.81. The van der Waals surface area contributed by atoms with E-state index in [2.05, 4.69) is 17.4 Å². The van der Waals surface area contributed by atoms with E-state index in [9.17, 15) is 0 Å². The lowest BCUT2D eigenvalue weighted by Crippen LogP contribution is -2.31. The first-order chi connectivity index (χ1) is 8.33. The quantitative estimate of drug-likeness (QED) is 0.665. The number of hydrogen-bond acceptors (Lipinski definition) is 4. The maximum Gasteiger partial charge on any atom is 0.0716 e. The third kappa shape index (κ3) is 4.44. The van der Waals surface area contributed by atoms with Gasteiger partial charge in [-0.3, -0.25) is 0 Å². The minimum atomic E-state index is 0.150. The van der Waals surface area contributed by atoms with Crippen LogP contribution in [-0.2, 0) is 16.1 Å². The second kappa shape index (κ2) is 8.20. The van der Waals surface area contributed by atoms with Crippen molar-refractivity contribution in [3.63, 3.8) is 0 Å². The zero-order valence-electron chi connectivity index (χ0n) is 10.6. The molecule has 0 radical (unpaired) electrons. The molecule has 1 rings (SSSR count). The zero-order valence-corrected chi connectivity index (χ0v) is 10.6. The molecule has 1 atom stereocenters. The van der Waals surface area contributed by atoms with Crippen LogP contribution in [0.25, 0.3) is 0 Å². The van der Waals surface area contributed by atoms with Gasteiger partial charge in [-0.15, -0.1) is 0 Å². The summed E-state index contributed by atoms with van der Waals surface area (Å²) in [5.74, 6) is 0. The molecule has 4 nitrogen and oxygen atoms in total. The van der Waals surface area contributed by atoms with E-state index in [1.54, 1.807) is 14.2 Å². The summed E-state index contributed by atoms with van der Waals surface area (Å²) < 4.78 is 10.2. The molecule has 0 aliphatic rings. The Morgan fingerprint density at radius 2 is 2.00 bits per heavy atom. The van der Waals surface area contributed by atoms with Crippen molar-refractivity contribution in [2.45, 2.75) is 12.6 Å². The van der Waals surface area contributed by atoms with Crippen LogP contribution in [0.1, 0.15) is 17.2 Å². The van der Waals surface area contributed by atoms with Crippen molar-refractivity contribution in [1.82, 2.24) is 5.32 Å². The number of benzene rings is 1. The van der Waals surface area contributed by atoms with Crippen LogP contribution < -0.4 is 11.1 Å². The SMILES string of the molecule is COCCNC(CN)c1ccccc1COC. The third-order valence-electron chi connectivity index (χ3n) is 2.66. The number of ether oxygens (including phenoxy) is 2. The Labute approximate surface area is 103 Å². The molecule has 0 spiro atoms. The number of nitrogens with two attached hydrogens (primary N) is 1. The van der Waals surface area contributed by atoms with Crippen molar-refractivity contribution in [1.29, 1.82) is 0 Å². The van der Waals surface area contributed by atoms with E-state index in [1.807, 2.05) is 12.1 Å². The van der Waals surface area contributed by atoms with Crippen LogP contribution in [0.3, 0.4) is 0 Å². The van der Waals surface area contributed by atoms with Gasteiger partial charge in [-0.25, -0.2) is 0 Å². The molecule has 0 heterocycles. The van der Waals surface area contributed by atoms with Crippen molar-refractivity contribution in [3.05, 3.63) is 35.4 Å². The first-order valence-electron chi connectivity index (χ1n) is 5.82. The smallest absolute Gasteiger partial charge is 0.0716 e. The van der Waals surface area contributed by atoms with E-state index in [0.717, 1.165) is 6.54 Å². The van der Waals surface area contributed by atoms with Crippen molar-refractivity contribution < 1.29 is 9.47 Å². The monoisotopic (exact) mass is 238 g/mol. The topological polar surface area (TPSA) is 56.5 Å². The van der Waals surface area contributed by atoms with E-state index < -0.39 is 0 Å². The van der Waals surface area contributed by atoms with Crippen LogP contribution in [-0.4, -0.2) is 33.9 Å². The van der Waals surface area contributed by atoms with E-state index in [4.69, 9.17) is 15.2 Å². The average molecular weight is 238 g/mol. The van der Waals surface area contributed by atoms with Gasteiger partial charge in [0.25, 0.3) is 0 Å². The minimum absolute atomic E-state index is 0.150. The first kappa shape index (κ1) is 14.1. The average Bonchev–Trinajstić information content (AvgIpc) is 2.36. The molecule has 0 saturated heterocycles. The number of hydrogen-bond donors (Lipinski definition) is 2. The summed E-state index contributed by atoms with van der Waals surface area (Å²) in [6.45, 7) is 2.64. The van der Waals surface area contributed by atoms with Gasteiger partial charge in [-0.2, -0.15) is 0 Å². The molecule has 4 heteroatoms. The summed E-state index contributed by atoms with van der Waals surface area (Å²) in [6, 6.07) is 8.34. The van der Waals surface area contributed by atoms with Crippen LogP contribution in [0.4, 0.5) is 0 Å². The highest BCUT2D eigenvalue weighted by atomic mass is 16.5. The largest absolute Gasteiger partial charge is 0.383 e. The summed E-state index contributed by atoms with van der Waals surface area (Å²) in [6.07, 6.45) is 0. The van der Waals surface area contributed by atoms with Gasteiger partial charge in [-0.05, 0) is 11.1 Å². The van der Waals surface area contributed by atoms with Gasteiger partial charge in [0.2, 0.25) is 0 Å². The molecule has 0 aliphatic carbocycles. The summed E-state index contributed by atoms with van der Waals surface area (Å²) in [5, 5.41) is 3.38. The molecule has 1 aromatic rings. The van der Waals surface area contributed by atoms with Crippen molar-refractivity contribution in [2.75, 3.05) is 33.9 Å². The van der Waals surface area contributed by atoms with Crippen LogP contribution in [0.15, 0.2) is 24.3 Å². The Morgan fingerprint density at radius 3 is 2.65 bits per heavy atom. The Bertz CT molecular complexity index is 318. The molecule has 1 aromatic carbocycles. The van der Waals surface area contributed by atoms with E-state index in [0.29, 0.717) is 19.8 Å². The highest BCUT2D eigenvalue weighted by Gasteiger charge is 2.12. The minimum Gasteiger partial charge on any atom is -0.383 e. The predicted molar refractivity (Wildman–Crippen MR) is 68.8 cm³/mol. The van der Waals surface area contributed by atoms with Crippen molar-refractivity contribution in [2.24, 2.45) is 5.73 Å². The van der Waals surface area contributed by atoms with E-state index >= 15 is 0 Å². The molecule has 3 N–H and O–H groups in total. The van der Waals surface area contributed by atoms with Gasteiger partial charge in [0, 0.05) is 33.4 Å². The molecular weight excluding hydrogens is 216 g/mol. The molecule has 96 valence electrons. The molecule has 0 bridgehead atoms. The van der Waals surface area contributed by atoms with Gasteiger partial charge in [0.15, 0.2) is 0 Å². The highest BCUT2D eigenvalue weighted by Crippen LogP contribution is 2.17.